The van der Waals surface area contributed by atoms with Gasteiger partial charge in [0.05, 0.1) is 0 Å². The highest BCUT2D eigenvalue weighted by Gasteiger charge is 2.36. The Morgan fingerprint density at radius 2 is 1.23 bits per heavy atom. The van der Waals surface area contributed by atoms with Crippen LogP contribution in [0.3, 0.4) is 0 Å². The number of rotatable bonds is 0. The summed E-state index contributed by atoms with van der Waals surface area (Å²) in [5.41, 5.74) is 3.40. The molecule has 0 radical (unpaired) electrons. The summed E-state index contributed by atoms with van der Waals surface area (Å²) in [4.78, 5) is 14.2. The highest BCUT2D eigenvalue weighted by Crippen LogP contribution is 2.41. The van der Waals surface area contributed by atoms with Crippen LogP contribution in [0.2, 0.25) is 0 Å². The first-order valence-corrected chi connectivity index (χ1v) is 8.81. The van der Waals surface area contributed by atoms with Crippen LogP contribution in [0.4, 0.5) is 0 Å². The van der Waals surface area contributed by atoms with Crippen molar-refractivity contribution >= 4 is 16.2 Å². The van der Waals surface area contributed by atoms with E-state index in [2.05, 4.69) is 62.3 Å². The molecule has 0 unspecified atom stereocenters. The van der Waals surface area contributed by atoms with Gasteiger partial charge in [-0.15, -0.1) is 11.3 Å². The number of pyridine rings is 1. The van der Waals surface area contributed by atoms with Gasteiger partial charge >= 0.3 is 0 Å². The first-order valence-electron chi connectivity index (χ1n) is 7.93. The van der Waals surface area contributed by atoms with Crippen LogP contribution in [0.5, 0.6) is 0 Å². The third-order valence-electron chi connectivity index (χ3n) is 4.00. The molecule has 0 aromatic carbocycles. The van der Waals surface area contributed by atoms with E-state index in [1.54, 1.807) is 11.3 Å². The smallest absolute Gasteiger partial charge is 0.259 e. The fourth-order valence-electron chi connectivity index (χ4n) is 3.22. The number of nitrogens with zero attached hydrogens (tertiary/aromatic N) is 1. The van der Waals surface area contributed by atoms with Crippen molar-refractivity contribution in [1.29, 1.82) is 0 Å². The first-order chi connectivity index (χ1) is 9.76. The highest BCUT2D eigenvalue weighted by atomic mass is 32.1. The summed E-state index contributed by atoms with van der Waals surface area (Å²) >= 11 is 1.67. The topological polar surface area (TPSA) is 21.5 Å². The normalized spacial score (nSPS) is 13.9. The van der Waals surface area contributed by atoms with Crippen LogP contribution in [0, 0.1) is 0 Å². The Kier molecular flexibility index (Phi) is 3.89. The van der Waals surface area contributed by atoms with Gasteiger partial charge in [0.1, 0.15) is 4.83 Å². The molecule has 2 rings (SSSR count). The second kappa shape index (κ2) is 4.95. The quantitative estimate of drug-likeness (QED) is 0.649. The predicted octanol–water partition coefficient (Wildman–Crippen LogP) is 5.25. The summed E-state index contributed by atoms with van der Waals surface area (Å²) in [6.07, 6.45) is 1.92. The van der Waals surface area contributed by atoms with Gasteiger partial charge in [0.25, 0.3) is 5.56 Å². The van der Waals surface area contributed by atoms with Crippen molar-refractivity contribution in [3.63, 3.8) is 0 Å². The van der Waals surface area contributed by atoms with Crippen LogP contribution in [0.25, 0.3) is 4.83 Å². The fourth-order valence-corrected chi connectivity index (χ4v) is 4.32. The van der Waals surface area contributed by atoms with Gasteiger partial charge in [-0.25, -0.2) is 0 Å². The summed E-state index contributed by atoms with van der Waals surface area (Å²) in [6.45, 7) is 19.8. The maximum absolute atomic E-state index is 13.2. The maximum Gasteiger partial charge on any atom is 0.259 e. The standard InChI is InChI=1S/C19H29NOS/c1-17(2,3)12-13(18(4,5)6)15(21)20-10-11-22-16(20)14(12)19(7,8)9/h10-11H,1-9H3. The number of aromatic nitrogens is 1. The van der Waals surface area contributed by atoms with E-state index >= 15 is 0 Å². The number of thiazole rings is 1. The van der Waals surface area contributed by atoms with Gasteiger partial charge in [-0.05, 0) is 27.4 Å². The Morgan fingerprint density at radius 3 is 1.64 bits per heavy atom. The van der Waals surface area contributed by atoms with E-state index in [9.17, 15) is 4.79 Å². The van der Waals surface area contributed by atoms with E-state index in [-0.39, 0.29) is 21.8 Å². The molecular formula is C19H29NOS. The van der Waals surface area contributed by atoms with Crippen molar-refractivity contribution in [2.45, 2.75) is 78.6 Å². The third-order valence-corrected chi connectivity index (χ3v) is 4.89. The minimum absolute atomic E-state index is 0.00752. The molecule has 22 heavy (non-hydrogen) atoms. The van der Waals surface area contributed by atoms with Gasteiger partial charge in [0.15, 0.2) is 0 Å². The number of hydrogen-bond donors (Lipinski definition) is 0. The molecule has 0 spiro atoms. The fraction of sp³-hybridized carbons (Fsp3) is 0.632. The average molecular weight is 320 g/mol. The monoisotopic (exact) mass is 319 g/mol. The number of fused-ring (bicyclic) bond motifs is 1. The molecule has 0 saturated carbocycles. The highest BCUT2D eigenvalue weighted by molar-refractivity contribution is 7.15. The van der Waals surface area contributed by atoms with Crippen molar-refractivity contribution in [3.05, 3.63) is 38.6 Å². The lowest BCUT2D eigenvalue weighted by atomic mass is 9.69. The lowest BCUT2D eigenvalue weighted by Crippen LogP contribution is -2.36. The van der Waals surface area contributed by atoms with Crippen molar-refractivity contribution in [1.82, 2.24) is 4.40 Å². The number of hydrogen-bond acceptors (Lipinski definition) is 2. The lowest BCUT2D eigenvalue weighted by Gasteiger charge is -2.36. The van der Waals surface area contributed by atoms with Gasteiger partial charge in [-0.1, -0.05) is 62.3 Å². The molecule has 2 nitrogen and oxygen atoms in total. The Morgan fingerprint density at radius 1 is 0.773 bits per heavy atom. The zero-order chi connectivity index (χ0) is 17.1. The Bertz CT molecular complexity index is 758. The van der Waals surface area contributed by atoms with Crippen molar-refractivity contribution in [2.24, 2.45) is 0 Å². The van der Waals surface area contributed by atoms with Crippen LogP contribution in [-0.4, -0.2) is 4.40 Å². The molecule has 0 aliphatic rings. The average Bonchev–Trinajstić information content (AvgIpc) is 2.72. The molecule has 0 aliphatic carbocycles. The Balaban J connectivity index is 3.19. The van der Waals surface area contributed by atoms with Gasteiger partial charge in [-0.3, -0.25) is 9.20 Å². The summed E-state index contributed by atoms with van der Waals surface area (Å²) in [5, 5.41) is 2.02. The van der Waals surface area contributed by atoms with Crippen LogP contribution in [-0.2, 0) is 16.2 Å². The van der Waals surface area contributed by atoms with E-state index in [1.807, 2.05) is 16.0 Å². The molecule has 0 saturated heterocycles. The summed E-state index contributed by atoms with van der Waals surface area (Å²) in [6, 6.07) is 0. The van der Waals surface area contributed by atoms with Crippen LogP contribution >= 0.6 is 11.3 Å². The van der Waals surface area contributed by atoms with Crippen molar-refractivity contribution < 1.29 is 0 Å². The van der Waals surface area contributed by atoms with Crippen molar-refractivity contribution in [2.75, 3.05) is 0 Å². The van der Waals surface area contributed by atoms with E-state index in [0.717, 1.165) is 10.4 Å². The maximum atomic E-state index is 13.2. The molecule has 0 fully saturated rings. The largest absolute Gasteiger partial charge is 0.274 e. The second-order valence-electron chi connectivity index (χ2n) is 9.26. The summed E-state index contributed by atoms with van der Waals surface area (Å²) in [7, 11) is 0. The van der Waals surface area contributed by atoms with Gasteiger partial charge < -0.3 is 0 Å². The molecule has 2 heterocycles. The Labute approximate surface area is 138 Å². The molecule has 2 aromatic heterocycles. The SMILES string of the molecule is CC(C)(C)c1c(C(C)(C)C)c(=O)n2ccsc2c1C(C)(C)C. The molecule has 2 aromatic rings. The van der Waals surface area contributed by atoms with E-state index in [0.29, 0.717) is 0 Å². The molecule has 0 N–H and O–H groups in total. The van der Waals surface area contributed by atoms with Crippen LogP contribution < -0.4 is 5.56 Å². The zero-order valence-corrected chi connectivity index (χ0v) is 16.2. The minimum atomic E-state index is -0.178. The van der Waals surface area contributed by atoms with E-state index in [4.69, 9.17) is 0 Å². The molecule has 122 valence electrons. The van der Waals surface area contributed by atoms with Gasteiger partial charge in [0, 0.05) is 17.1 Å². The van der Waals surface area contributed by atoms with Gasteiger partial charge in [0.2, 0.25) is 0 Å². The third kappa shape index (κ3) is 2.76. The predicted molar refractivity (Wildman–Crippen MR) is 97.6 cm³/mol. The molecule has 0 atom stereocenters. The Hall–Kier alpha value is -1.09. The molecule has 0 bridgehead atoms. The molecular weight excluding hydrogens is 290 g/mol. The molecule has 0 amide bonds. The van der Waals surface area contributed by atoms with Gasteiger partial charge in [-0.2, -0.15) is 0 Å². The van der Waals surface area contributed by atoms with E-state index in [1.165, 1.54) is 11.1 Å². The molecule has 3 heteroatoms. The summed E-state index contributed by atoms with van der Waals surface area (Å²) in [5.74, 6) is 0. The lowest BCUT2D eigenvalue weighted by molar-refractivity contribution is 0.493. The summed E-state index contributed by atoms with van der Waals surface area (Å²) < 4.78 is 1.85. The van der Waals surface area contributed by atoms with Crippen LogP contribution in [0.1, 0.15) is 79.0 Å². The minimum Gasteiger partial charge on any atom is -0.274 e. The second-order valence-corrected chi connectivity index (χ2v) is 10.2. The first kappa shape index (κ1) is 17.3. The van der Waals surface area contributed by atoms with Crippen molar-refractivity contribution in [3.8, 4) is 0 Å². The van der Waals surface area contributed by atoms with Crippen LogP contribution in [0.15, 0.2) is 16.4 Å². The zero-order valence-electron chi connectivity index (χ0n) is 15.4. The van der Waals surface area contributed by atoms with E-state index < -0.39 is 0 Å². The molecule has 0 aliphatic heterocycles.